The van der Waals surface area contributed by atoms with Gasteiger partial charge in [0.1, 0.15) is 6.04 Å². The topological polar surface area (TPSA) is 75.4 Å². The van der Waals surface area contributed by atoms with Crippen molar-refractivity contribution in [1.82, 2.24) is 10.2 Å². The number of nitrogens with one attached hydrogen (secondary N) is 1. The number of benzene rings is 1. The van der Waals surface area contributed by atoms with Gasteiger partial charge in [0.05, 0.1) is 0 Å². The van der Waals surface area contributed by atoms with Crippen LogP contribution in [0.1, 0.15) is 37.8 Å². The van der Waals surface area contributed by atoms with Crippen molar-refractivity contribution in [1.29, 1.82) is 0 Å². The largest absolute Gasteiger partial charge is 0.353 e. The third-order valence-electron chi connectivity index (χ3n) is 3.92. The van der Waals surface area contributed by atoms with Crippen LogP contribution in [0.2, 0.25) is 0 Å². The van der Waals surface area contributed by atoms with Gasteiger partial charge in [0, 0.05) is 25.6 Å². The number of hydrogen-bond acceptors (Lipinski definition) is 3. The lowest BCUT2D eigenvalue weighted by Gasteiger charge is -2.33. The zero-order valence-corrected chi connectivity index (χ0v) is 12.4. The van der Waals surface area contributed by atoms with Crippen LogP contribution in [0.25, 0.3) is 0 Å². The minimum Gasteiger partial charge on any atom is -0.353 e. The molecule has 1 fully saturated rings. The highest BCUT2D eigenvalue weighted by molar-refractivity contribution is 5.83. The van der Waals surface area contributed by atoms with E-state index in [0.29, 0.717) is 19.5 Å². The van der Waals surface area contributed by atoms with Crippen molar-refractivity contribution in [2.75, 3.05) is 13.1 Å². The van der Waals surface area contributed by atoms with Crippen LogP contribution in [0.3, 0.4) is 0 Å². The quantitative estimate of drug-likeness (QED) is 0.874. The van der Waals surface area contributed by atoms with Crippen molar-refractivity contribution in [2.45, 2.75) is 38.3 Å². The average Bonchev–Trinajstić information content (AvgIpc) is 2.55. The van der Waals surface area contributed by atoms with Gasteiger partial charge in [0.15, 0.2) is 0 Å². The summed E-state index contributed by atoms with van der Waals surface area (Å²) in [5.74, 6) is 0.0298. The van der Waals surface area contributed by atoms with Crippen molar-refractivity contribution in [3.05, 3.63) is 35.9 Å². The van der Waals surface area contributed by atoms with Crippen molar-refractivity contribution in [3.8, 4) is 0 Å². The van der Waals surface area contributed by atoms with Gasteiger partial charge in [0.2, 0.25) is 11.8 Å². The molecule has 1 saturated heterocycles. The van der Waals surface area contributed by atoms with Crippen LogP contribution in [0.15, 0.2) is 30.3 Å². The summed E-state index contributed by atoms with van der Waals surface area (Å²) < 4.78 is 0. The number of nitrogens with zero attached hydrogens (tertiary/aromatic N) is 1. The van der Waals surface area contributed by atoms with Gasteiger partial charge in [-0.2, -0.15) is 0 Å². The molecule has 5 heteroatoms. The molecule has 1 aliphatic heterocycles. The fraction of sp³-hybridized carbons (Fsp3) is 0.500. The Balaban J connectivity index is 1.87. The number of piperidine rings is 1. The van der Waals surface area contributed by atoms with Gasteiger partial charge in [-0.3, -0.25) is 9.59 Å². The second-order valence-corrected chi connectivity index (χ2v) is 5.41. The van der Waals surface area contributed by atoms with Crippen LogP contribution in [0.4, 0.5) is 0 Å². The Morgan fingerprint density at radius 1 is 1.29 bits per heavy atom. The Kier molecular flexibility index (Phi) is 5.33. The number of nitrogens with two attached hydrogens (primary N) is 1. The third kappa shape index (κ3) is 4.04. The highest BCUT2D eigenvalue weighted by Crippen LogP contribution is 2.17. The van der Waals surface area contributed by atoms with E-state index < -0.39 is 6.04 Å². The SMILES string of the molecule is CCC(=O)NC1CCN(C(=O)C(N)c2ccccc2)CC1. The summed E-state index contributed by atoms with van der Waals surface area (Å²) >= 11 is 0. The summed E-state index contributed by atoms with van der Waals surface area (Å²) in [5, 5.41) is 2.98. The molecule has 2 amide bonds. The zero-order chi connectivity index (χ0) is 15.2. The van der Waals surface area contributed by atoms with Gasteiger partial charge in [0.25, 0.3) is 0 Å². The van der Waals surface area contributed by atoms with Gasteiger partial charge < -0.3 is 16.0 Å². The maximum absolute atomic E-state index is 12.4. The molecule has 0 bridgehead atoms. The minimum atomic E-state index is -0.604. The molecule has 0 radical (unpaired) electrons. The van der Waals surface area contributed by atoms with E-state index in [0.717, 1.165) is 18.4 Å². The fourth-order valence-electron chi connectivity index (χ4n) is 2.57. The van der Waals surface area contributed by atoms with Crippen molar-refractivity contribution in [3.63, 3.8) is 0 Å². The Morgan fingerprint density at radius 3 is 2.48 bits per heavy atom. The second-order valence-electron chi connectivity index (χ2n) is 5.41. The Bertz CT molecular complexity index is 482. The summed E-state index contributed by atoms with van der Waals surface area (Å²) in [6.45, 7) is 3.13. The molecular weight excluding hydrogens is 266 g/mol. The lowest BCUT2D eigenvalue weighted by Crippen LogP contribution is -2.48. The summed E-state index contributed by atoms with van der Waals surface area (Å²) in [4.78, 5) is 25.6. The lowest BCUT2D eigenvalue weighted by atomic mass is 10.0. The van der Waals surface area contributed by atoms with E-state index in [1.807, 2.05) is 37.3 Å². The van der Waals surface area contributed by atoms with Gasteiger partial charge in [-0.25, -0.2) is 0 Å². The molecule has 1 atom stereocenters. The summed E-state index contributed by atoms with van der Waals surface area (Å²) in [7, 11) is 0. The van der Waals surface area contributed by atoms with E-state index in [1.54, 1.807) is 4.90 Å². The molecule has 1 unspecified atom stereocenters. The number of carbonyl (C=O) groups is 2. The van der Waals surface area contributed by atoms with Crippen LogP contribution in [0.5, 0.6) is 0 Å². The molecule has 0 aromatic heterocycles. The first kappa shape index (κ1) is 15.5. The highest BCUT2D eigenvalue weighted by atomic mass is 16.2. The monoisotopic (exact) mass is 289 g/mol. The first-order valence-corrected chi connectivity index (χ1v) is 7.50. The van der Waals surface area contributed by atoms with E-state index >= 15 is 0 Å². The van der Waals surface area contributed by atoms with E-state index in [4.69, 9.17) is 5.73 Å². The van der Waals surface area contributed by atoms with E-state index in [2.05, 4.69) is 5.32 Å². The number of rotatable bonds is 4. The molecule has 3 N–H and O–H groups in total. The molecule has 1 aromatic rings. The third-order valence-corrected chi connectivity index (χ3v) is 3.92. The molecule has 0 spiro atoms. The Morgan fingerprint density at radius 2 is 1.90 bits per heavy atom. The normalized spacial score (nSPS) is 17.3. The maximum atomic E-state index is 12.4. The lowest BCUT2D eigenvalue weighted by molar-refractivity contribution is -0.134. The van der Waals surface area contributed by atoms with Gasteiger partial charge in [-0.05, 0) is 18.4 Å². The first-order chi connectivity index (χ1) is 10.1. The van der Waals surface area contributed by atoms with Crippen LogP contribution in [-0.4, -0.2) is 35.8 Å². The van der Waals surface area contributed by atoms with Crippen LogP contribution < -0.4 is 11.1 Å². The predicted octanol–water partition coefficient (Wildman–Crippen LogP) is 1.20. The van der Waals surface area contributed by atoms with Gasteiger partial charge >= 0.3 is 0 Å². The Labute approximate surface area is 125 Å². The molecule has 2 rings (SSSR count). The minimum absolute atomic E-state index is 0.0403. The standard InChI is InChI=1S/C16H23N3O2/c1-2-14(20)18-13-8-10-19(11-9-13)16(21)15(17)12-6-4-3-5-7-12/h3-7,13,15H,2,8-11,17H2,1H3,(H,18,20). The molecule has 1 aromatic carbocycles. The number of hydrogen-bond donors (Lipinski definition) is 2. The maximum Gasteiger partial charge on any atom is 0.244 e. The molecule has 0 saturated carbocycles. The molecule has 0 aliphatic carbocycles. The number of carbonyl (C=O) groups excluding carboxylic acids is 2. The van der Waals surface area contributed by atoms with Crippen molar-refractivity contribution < 1.29 is 9.59 Å². The zero-order valence-electron chi connectivity index (χ0n) is 12.4. The number of amides is 2. The Hall–Kier alpha value is -1.88. The summed E-state index contributed by atoms with van der Waals surface area (Å²) in [6, 6.07) is 8.99. The highest BCUT2D eigenvalue weighted by Gasteiger charge is 2.27. The molecule has 1 heterocycles. The van der Waals surface area contributed by atoms with E-state index in [9.17, 15) is 9.59 Å². The molecular formula is C16H23N3O2. The van der Waals surface area contributed by atoms with Crippen molar-refractivity contribution >= 4 is 11.8 Å². The molecule has 1 aliphatic rings. The summed E-state index contributed by atoms with van der Waals surface area (Å²) in [6.07, 6.45) is 2.08. The smallest absolute Gasteiger partial charge is 0.244 e. The predicted molar refractivity (Wildman–Crippen MR) is 81.4 cm³/mol. The van der Waals surface area contributed by atoms with E-state index in [-0.39, 0.29) is 17.9 Å². The van der Waals surface area contributed by atoms with Crippen LogP contribution in [-0.2, 0) is 9.59 Å². The van der Waals surface area contributed by atoms with Crippen LogP contribution >= 0.6 is 0 Å². The van der Waals surface area contributed by atoms with Crippen LogP contribution in [0, 0.1) is 0 Å². The van der Waals surface area contributed by atoms with Gasteiger partial charge in [-0.15, -0.1) is 0 Å². The summed E-state index contributed by atoms with van der Waals surface area (Å²) in [5.41, 5.74) is 6.88. The average molecular weight is 289 g/mol. The van der Waals surface area contributed by atoms with Gasteiger partial charge in [-0.1, -0.05) is 37.3 Å². The fourth-order valence-corrected chi connectivity index (χ4v) is 2.57. The molecule has 21 heavy (non-hydrogen) atoms. The number of likely N-dealkylation sites (tertiary alicyclic amines) is 1. The molecule has 114 valence electrons. The van der Waals surface area contributed by atoms with Crippen molar-refractivity contribution in [2.24, 2.45) is 5.73 Å². The first-order valence-electron chi connectivity index (χ1n) is 7.50. The molecule has 5 nitrogen and oxygen atoms in total. The second kappa shape index (κ2) is 7.22. The van der Waals surface area contributed by atoms with E-state index in [1.165, 1.54) is 0 Å².